The van der Waals surface area contributed by atoms with Gasteiger partial charge in [0.25, 0.3) is 11.8 Å². The molecular weight excluding hydrogens is 458 g/mol. The normalized spacial score (nSPS) is 28.5. The van der Waals surface area contributed by atoms with E-state index in [1.165, 1.54) is 0 Å². The predicted molar refractivity (Wildman–Crippen MR) is 123 cm³/mol. The summed E-state index contributed by atoms with van der Waals surface area (Å²) in [6, 6.07) is 4.39. The van der Waals surface area contributed by atoms with E-state index in [0.29, 0.717) is 6.54 Å². The van der Waals surface area contributed by atoms with Crippen LogP contribution in [0.2, 0.25) is 0 Å². The molecule has 0 spiro atoms. The van der Waals surface area contributed by atoms with Gasteiger partial charge in [0, 0.05) is 44.1 Å². The van der Waals surface area contributed by atoms with Crippen molar-refractivity contribution in [2.45, 2.75) is 75.4 Å². The molecule has 1 saturated heterocycles. The standard InChI is InChI=1S/C25H30F2N4O4/c1-30(19-5-3-2-4-18(19)28-13-14-11-25(26,27)12-14)15-6-7-16-17(10-15)24(35)31(23(16)34)20-8-9-21(32)29-22(20)33/h6-7,10,14,18-20,28H,2-5,8-9,11-13H2,1H3,(H,29,32,33). The van der Waals surface area contributed by atoms with Gasteiger partial charge in [-0.1, -0.05) is 12.8 Å². The molecule has 2 saturated carbocycles. The molecule has 188 valence electrons. The van der Waals surface area contributed by atoms with Gasteiger partial charge in [-0.3, -0.25) is 29.4 Å². The highest BCUT2D eigenvalue weighted by Crippen LogP contribution is 2.42. The van der Waals surface area contributed by atoms with Gasteiger partial charge in [0.15, 0.2) is 0 Å². The second kappa shape index (κ2) is 8.96. The number of carbonyl (C=O) groups is 4. The second-order valence-corrected chi connectivity index (χ2v) is 10.3. The molecule has 1 aromatic rings. The minimum Gasteiger partial charge on any atom is -0.370 e. The zero-order chi connectivity index (χ0) is 24.9. The lowest BCUT2D eigenvalue weighted by Gasteiger charge is -2.42. The summed E-state index contributed by atoms with van der Waals surface area (Å²) >= 11 is 0. The lowest BCUT2D eigenvalue weighted by Crippen LogP contribution is -2.54. The average Bonchev–Trinajstić information content (AvgIpc) is 3.05. The van der Waals surface area contributed by atoms with Crippen LogP contribution in [0.4, 0.5) is 14.5 Å². The fraction of sp³-hybridized carbons (Fsp3) is 0.600. The number of imide groups is 2. The van der Waals surface area contributed by atoms with Crippen LogP contribution in [0, 0.1) is 5.92 Å². The third-order valence-electron chi connectivity index (χ3n) is 7.90. The van der Waals surface area contributed by atoms with E-state index in [4.69, 9.17) is 0 Å². The van der Waals surface area contributed by atoms with Crippen LogP contribution in [0.25, 0.3) is 0 Å². The number of carbonyl (C=O) groups excluding carboxylic acids is 4. The highest BCUT2D eigenvalue weighted by Gasteiger charge is 2.46. The number of rotatable bonds is 6. The van der Waals surface area contributed by atoms with Gasteiger partial charge in [-0.25, -0.2) is 8.78 Å². The summed E-state index contributed by atoms with van der Waals surface area (Å²) in [6.45, 7) is 0.572. The van der Waals surface area contributed by atoms with Gasteiger partial charge in [-0.05, 0) is 49.9 Å². The molecule has 2 aliphatic carbocycles. The van der Waals surface area contributed by atoms with Gasteiger partial charge in [-0.2, -0.15) is 0 Å². The number of fused-ring (bicyclic) bond motifs is 1. The molecule has 3 fully saturated rings. The van der Waals surface area contributed by atoms with Crippen LogP contribution in [0.3, 0.4) is 0 Å². The van der Waals surface area contributed by atoms with E-state index in [1.54, 1.807) is 18.2 Å². The number of hydrogen-bond donors (Lipinski definition) is 2. The summed E-state index contributed by atoms with van der Waals surface area (Å²) in [6.07, 6.45) is 4.08. The third-order valence-corrected chi connectivity index (χ3v) is 7.90. The molecule has 0 bridgehead atoms. The Morgan fingerprint density at radius 3 is 2.49 bits per heavy atom. The Bertz CT molecular complexity index is 1070. The summed E-state index contributed by atoms with van der Waals surface area (Å²) in [5, 5.41) is 5.72. The van der Waals surface area contributed by atoms with Gasteiger partial charge in [0.1, 0.15) is 6.04 Å². The molecule has 3 atom stereocenters. The maximum absolute atomic E-state index is 13.2. The van der Waals surface area contributed by atoms with Crippen LogP contribution >= 0.6 is 0 Å². The molecule has 4 aliphatic rings. The maximum Gasteiger partial charge on any atom is 0.262 e. The fourth-order valence-electron chi connectivity index (χ4n) is 5.93. The first-order valence-corrected chi connectivity index (χ1v) is 12.3. The van der Waals surface area contributed by atoms with Crippen molar-refractivity contribution in [2.24, 2.45) is 5.92 Å². The molecule has 2 aliphatic heterocycles. The number of halogens is 2. The highest BCUT2D eigenvalue weighted by molar-refractivity contribution is 6.23. The van der Waals surface area contributed by atoms with Crippen molar-refractivity contribution in [3.63, 3.8) is 0 Å². The van der Waals surface area contributed by atoms with E-state index < -0.39 is 35.6 Å². The first kappa shape index (κ1) is 23.8. The van der Waals surface area contributed by atoms with Crippen LogP contribution in [0.5, 0.6) is 0 Å². The van der Waals surface area contributed by atoms with Crippen LogP contribution in [-0.2, 0) is 9.59 Å². The number of alkyl halides is 2. The van der Waals surface area contributed by atoms with Gasteiger partial charge in [0.05, 0.1) is 11.1 Å². The molecule has 8 nitrogen and oxygen atoms in total. The first-order chi connectivity index (χ1) is 16.6. The number of nitrogens with one attached hydrogen (secondary N) is 2. The average molecular weight is 489 g/mol. The van der Waals surface area contributed by atoms with Crippen molar-refractivity contribution >= 4 is 29.3 Å². The number of hydrogen-bond acceptors (Lipinski definition) is 6. The minimum absolute atomic E-state index is 0.000208. The molecule has 3 unspecified atom stereocenters. The first-order valence-electron chi connectivity index (χ1n) is 12.3. The lowest BCUT2D eigenvalue weighted by molar-refractivity contribution is -0.136. The van der Waals surface area contributed by atoms with Crippen molar-refractivity contribution in [3.05, 3.63) is 29.3 Å². The molecule has 2 heterocycles. The second-order valence-electron chi connectivity index (χ2n) is 10.3. The molecule has 0 aromatic heterocycles. The summed E-state index contributed by atoms with van der Waals surface area (Å²) in [7, 11) is 1.95. The number of nitrogens with zero attached hydrogens (tertiary/aromatic N) is 2. The van der Waals surface area contributed by atoms with Crippen LogP contribution in [0.15, 0.2) is 18.2 Å². The Morgan fingerprint density at radius 2 is 1.77 bits per heavy atom. The summed E-state index contributed by atoms with van der Waals surface area (Å²) in [4.78, 5) is 53.0. The largest absolute Gasteiger partial charge is 0.370 e. The van der Waals surface area contributed by atoms with Crippen molar-refractivity contribution < 1.29 is 28.0 Å². The molecule has 0 radical (unpaired) electrons. The molecular formula is C25H30F2N4O4. The van der Waals surface area contributed by atoms with E-state index in [0.717, 1.165) is 36.3 Å². The molecule has 1 aromatic carbocycles. The number of benzene rings is 1. The highest BCUT2D eigenvalue weighted by atomic mass is 19.3. The minimum atomic E-state index is -2.52. The van der Waals surface area contributed by atoms with E-state index >= 15 is 0 Å². The predicted octanol–water partition coefficient (Wildman–Crippen LogP) is 2.47. The summed E-state index contributed by atoms with van der Waals surface area (Å²) < 4.78 is 26.4. The van der Waals surface area contributed by atoms with E-state index in [9.17, 15) is 28.0 Å². The number of piperidine rings is 1. The van der Waals surface area contributed by atoms with Crippen LogP contribution in [0.1, 0.15) is 72.1 Å². The molecule has 4 amide bonds. The van der Waals surface area contributed by atoms with Crippen molar-refractivity contribution in [3.8, 4) is 0 Å². The zero-order valence-electron chi connectivity index (χ0n) is 19.7. The van der Waals surface area contributed by atoms with E-state index in [-0.39, 0.29) is 54.8 Å². The van der Waals surface area contributed by atoms with E-state index in [1.807, 2.05) is 7.05 Å². The van der Waals surface area contributed by atoms with Crippen molar-refractivity contribution in [1.82, 2.24) is 15.5 Å². The number of amides is 4. The van der Waals surface area contributed by atoms with Crippen molar-refractivity contribution in [2.75, 3.05) is 18.5 Å². The Kier molecular flexibility index (Phi) is 6.11. The lowest BCUT2D eigenvalue weighted by atomic mass is 9.80. The van der Waals surface area contributed by atoms with Gasteiger partial charge >= 0.3 is 0 Å². The molecule has 5 rings (SSSR count). The SMILES string of the molecule is CN(c1ccc2c(c1)C(=O)N(C1CCC(=O)NC1=O)C2=O)C1CCCCC1NCC1CC(F)(F)C1. The molecule has 2 N–H and O–H groups in total. The Hall–Kier alpha value is -2.88. The quantitative estimate of drug-likeness (QED) is 0.597. The zero-order valence-corrected chi connectivity index (χ0v) is 19.7. The van der Waals surface area contributed by atoms with Gasteiger partial charge < -0.3 is 10.2 Å². The monoisotopic (exact) mass is 488 g/mol. The summed E-state index contributed by atoms with van der Waals surface area (Å²) in [5.41, 5.74) is 1.28. The number of likely N-dealkylation sites (N-methyl/N-ethyl adjacent to an activating group) is 1. The van der Waals surface area contributed by atoms with Gasteiger partial charge in [0.2, 0.25) is 17.7 Å². The Labute approximate surface area is 202 Å². The third kappa shape index (κ3) is 4.44. The summed E-state index contributed by atoms with van der Waals surface area (Å²) in [5.74, 6) is -4.62. The van der Waals surface area contributed by atoms with Crippen LogP contribution in [-0.4, -0.2) is 66.2 Å². The van der Waals surface area contributed by atoms with Crippen molar-refractivity contribution in [1.29, 1.82) is 0 Å². The topological polar surface area (TPSA) is 98.8 Å². The van der Waals surface area contributed by atoms with Crippen LogP contribution < -0.4 is 15.5 Å². The van der Waals surface area contributed by atoms with E-state index in [2.05, 4.69) is 15.5 Å². The fourth-order valence-corrected chi connectivity index (χ4v) is 5.93. The molecule has 10 heteroatoms. The Morgan fingerprint density at radius 1 is 1.06 bits per heavy atom. The number of anilines is 1. The smallest absolute Gasteiger partial charge is 0.262 e. The van der Waals surface area contributed by atoms with Gasteiger partial charge in [-0.15, -0.1) is 0 Å². The maximum atomic E-state index is 13.2. The Balaban J connectivity index is 1.30. The molecule has 35 heavy (non-hydrogen) atoms.